The Morgan fingerprint density at radius 3 is 2.50 bits per heavy atom. The van der Waals surface area contributed by atoms with Crippen LogP contribution in [0.25, 0.3) is 0 Å². The lowest BCUT2D eigenvalue weighted by molar-refractivity contribution is -0.0194. The summed E-state index contributed by atoms with van der Waals surface area (Å²) in [5.74, 6) is 0.678. The fourth-order valence-electron chi connectivity index (χ4n) is 3.80. The number of hydrazone groups is 1. The fourth-order valence-corrected chi connectivity index (χ4v) is 4.83. The summed E-state index contributed by atoms with van der Waals surface area (Å²) in [6, 6.07) is 21.9. The van der Waals surface area contributed by atoms with E-state index >= 15 is 0 Å². The SMILES string of the molecule is Clc1cc(Cl)c2c(c1)[C@@H]1CC(c3ccccc3)=NN1[C@@H](c1ccccc1Br)O2. The maximum atomic E-state index is 6.51. The first kappa shape index (κ1) is 18.0. The molecule has 0 saturated carbocycles. The molecule has 0 aromatic heterocycles. The Labute approximate surface area is 181 Å². The topological polar surface area (TPSA) is 24.8 Å². The molecule has 3 aromatic carbocycles. The van der Waals surface area contributed by atoms with E-state index in [1.54, 1.807) is 6.07 Å². The number of hydrogen-bond acceptors (Lipinski definition) is 3. The van der Waals surface area contributed by atoms with E-state index in [0.29, 0.717) is 15.8 Å². The lowest BCUT2D eigenvalue weighted by Gasteiger charge is -2.39. The van der Waals surface area contributed by atoms with Gasteiger partial charge in [-0.15, -0.1) is 0 Å². The summed E-state index contributed by atoms with van der Waals surface area (Å²) in [4.78, 5) is 0. The quantitative estimate of drug-likeness (QED) is 0.400. The molecule has 5 rings (SSSR count). The largest absolute Gasteiger partial charge is 0.463 e. The normalized spacial score (nSPS) is 20.2. The minimum Gasteiger partial charge on any atom is -0.463 e. The van der Waals surface area contributed by atoms with Crippen molar-refractivity contribution in [3.8, 4) is 5.75 Å². The minimum atomic E-state index is -0.382. The molecule has 6 heteroatoms. The van der Waals surface area contributed by atoms with Gasteiger partial charge in [-0.1, -0.05) is 87.7 Å². The van der Waals surface area contributed by atoms with Crippen LogP contribution in [0.3, 0.4) is 0 Å². The number of fused-ring (bicyclic) bond motifs is 3. The van der Waals surface area contributed by atoms with Gasteiger partial charge in [0.1, 0.15) is 5.75 Å². The second kappa shape index (κ2) is 7.11. The summed E-state index contributed by atoms with van der Waals surface area (Å²) in [5, 5.41) is 8.10. The fraction of sp³-hybridized carbons (Fsp3) is 0.136. The van der Waals surface area contributed by atoms with Crippen molar-refractivity contribution in [2.75, 3.05) is 0 Å². The Balaban J connectivity index is 1.66. The van der Waals surface area contributed by atoms with Gasteiger partial charge in [-0.25, -0.2) is 5.01 Å². The number of hydrogen-bond donors (Lipinski definition) is 0. The van der Waals surface area contributed by atoms with Crippen LogP contribution < -0.4 is 4.74 Å². The van der Waals surface area contributed by atoms with Crippen LogP contribution in [0.2, 0.25) is 10.0 Å². The molecule has 0 unspecified atom stereocenters. The van der Waals surface area contributed by atoms with Crippen molar-refractivity contribution in [2.24, 2.45) is 5.10 Å². The second-order valence-electron chi connectivity index (χ2n) is 6.81. The monoisotopic (exact) mass is 472 g/mol. The predicted molar refractivity (Wildman–Crippen MR) is 116 cm³/mol. The molecule has 3 nitrogen and oxygen atoms in total. The number of benzene rings is 3. The Morgan fingerprint density at radius 1 is 0.964 bits per heavy atom. The molecule has 0 amide bonds. The van der Waals surface area contributed by atoms with Gasteiger partial charge in [-0.3, -0.25) is 0 Å². The van der Waals surface area contributed by atoms with Crippen LogP contribution in [0, 0.1) is 0 Å². The molecular formula is C22H15BrCl2N2O. The number of rotatable bonds is 2. The maximum Gasteiger partial charge on any atom is 0.215 e. The van der Waals surface area contributed by atoms with Crippen LogP contribution in [0.1, 0.15) is 35.4 Å². The van der Waals surface area contributed by atoms with Crippen LogP contribution in [0.5, 0.6) is 5.75 Å². The lowest BCUT2D eigenvalue weighted by atomic mass is 9.96. The molecule has 3 aromatic rings. The van der Waals surface area contributed by atoms with E-state index in [-0.39, 0.29) is 12.3 Å². The molecule has 0 saturated heterocycles. The van der Waals surface area contributed by atoms with Crippen molar-refractivity contribution in [1.29, 1.82) is 0 Å². The second-order valence-corrected chi connectivity index (χ2v) is 8.51. The highest BCUT2D eigenvalue weighted by Crippen LogP contribution is 2.51. The van der Waals surface area contributed by atoms with Crippen molar-refractivity contribution < 1.29 is 4.74 Å². The summed E-state index contributed by atoms with van der Waals surface area (Å²) in [7, 11) is 0. The van der Waals surface area contributed by atoms with Gasteiger partial charge in [-0.2, -0.15) is 5.10 Å². The van der Waals surface area contributed by atoms with E-state index in [9.17, 15) is 0 Å². The van der Waals surface area contributed by atoms with Crippen molar-refractivity contribution >= 4 is 44.8 Å². The molecular weight excluding hydrogens is 459 g/mol. The van der Waals surface area contributed by atoms with Gasteiger partial charge in [0, 0.05) is 27.0 Å². The summed E-state index contributed by atoms with van der Waals surface area (Å²) >= 11 is 16.5. The van der Waals surface area contributed by atoms with E-state index in [1.165, 1.54) is 0 Å². The highest BCUT2D eigenvalue weighted by atomic mass is 79.9. The van der Waals surface area contributed by atoms with E-state index in [0.717, 1.165) is 33.3 Å². The lowest BCUT2D eigenvalue weighted by Crippen LogP contribution is -2.34. The first-order chi connectivity index (χ1) is 13.6. The summed E-state index contributed by atoms with van der Waals surface area (Å²) in [5.41, 5.74) is 4.10. The Morgan fingerprint density at radius 2 is 1.71 bits per heavy atom. The molecule has 2 aliphatic heterocycles. The molecule has 28 heavy (non-hydrogen) atoms. The third-order valence-corrected chi connectivity index (χ3v) is 6.31. The smallest absolute Gasteiger partial charge is 0.215 e. The molecule has 0 radical (unpaired) electrons. The maximum absolute atomic E-state index is 6.51. The van der Waals surface area contributed by atoms with Crippen LogP contribution in [-0.2, 0) is 0 Å². The van der Waals surface area contributed by atoms with E-state index in [1.807, 2.05) is 53.5 Å². The third-order valence-electron chi connectivity index (χ3n) is 5.09. The van der Waals surface area contributed by atoms with Crippen LogP contribution >= 0.6 is 39.1 Å². The van der Waals surface area contributed by atoms with Crippen molar-refractivity contribution in [3.05, 3.63) is 97.9 Å². The van der Waals surface area contributed by atoms with Crippen LogP contribution in [0.15, 0.2) is 76.3 Å². The summed E-state index contributed by atoms with van der Waals surface area (Å²) in [6.07, 6.45) is 0.380. The zero-order valence-corrected chi connectivity index (χ0v) is 17.7. The molecule has 140 valence electrons. The molecule has 2 atom stereocenters. The van der Waals surface area contributed by atoms with Gasteiger partial charge in [0.2, 0.25) is 6.23 Å². The molecule has 2 heterocycles. The molecule has 0 fully saturated rings. The highest BCUT2D eigenvalue weighted by molar-refractivity contribution is 9.10. The Bertz CT molecular complexity index is 1090. The molecule has 0 N–H and O–H groups in total. The van der Waals surface area contributed by atoms with Crippen LogP contribution in [-0.4, -0.2) is 10.7 Å². The van der Waals surface area contributed by atoms with E-state index in [4.69, 9.17) is 33.0 Å². The average Bonchev–Trinajstić information content (AvgIpc) is 3.15. The van der Waals surface area contributed by atoms with Crippen LogP contribution in [0.4, 0.5) is 0 Å². The Hall–Kier alpha value is -2.01. The van der Waals surface area contributed by atoms with E-state index in [2.05, 4.69) is 28.1 Å². The van der Waals surface area contributed by atoms with E-state index < -0.39 is 0 Å². The first-order valence-electron chi connectivity index (χ1n) is 8.93. The number of ether oxygens (including phenoxy) is 1. The standard InChI is InChI=1S/C22H15BrCl2N2O/c23-17-9-5-4-8-15(17)22-27-20(12-19(26-27)13-6-2-1-3-7-13)16-10-14(24)11-18(25)21(16)28-22/h1-11,20,22H,12H2/t20-,22+/m0/s1. The Kier molecular flexibility index (Phi) is 4.58. The summed E-state index contributed by atoms with van der Waals surface area (Å²) < 4.78 is 7.35. The van der Waals surface area contributed by atoms with Crippen molar-refractivity contribution in [1.82, 2.24) is 5.01 Å². The number of halogens is 3. The summed E-state index contributed by atoms with van der Waals surface area (Å²) in [6.45, 7) is 0. The predicted octanol–water partition coefficient (Wildman–Crippen LogP) is 7.00. The van der Waals surface area contributed by atoms with Gasteiger partial charge in [0.05, 0.1) is 16.8 Å². The molecule has 0 aliphatic carbocycles. The molecule has 0 bridgehead atoms. The highest BCUT2D eigenvalue weighted by Gasteiger charge is 2.42. The van der Waals surface area contributed by atoms with Gasteiger partial charge < -0.3 is 4.74 Å². The zero-order valence-electron chi connectivity index (χ0n) is 14.6. The van der Waals surface area contributed by atoms with Gasteiger partial charge >= 0.3 is 0 Å². The van der Waals surface area contributed by atoms with Crippen molar-refractivity contribution in [3.63, 3.8) is 0 Å². The molecule has 2 aliphatic rings. The molecule has 0 spiro atoms. The number of nitrogens with zero attached hydrogens (tertiary/aromatic N) is 2. The third kappa shape index (κ3) is 3.00. The van der Waals surface area contributed by atoms with Gasteiger partial charge in [0.15, 0.2) is 0 Å². The van der Waals surface area contributed by atoms with Gasteiger partial charge in [-0.05, 0) is 23.8 Å². The first-order valence-corrected chi connectivity index (χ1v) is 10.5. The van der Waals surface area contributed by atoms with Crippen molar-refractivity contribution in [2.45, 2.75) is 18.7 Å². The average molecular weight is 474 g/mol. The minimum absolute atomic E-state index is 0.00672. The van der Waals surface area contributed by atoms with Gasteiger partial charge in [0.25, 0.3) is 0 Å². The zero-order chi connectivity index (χ0) is 19.3.